The van der Waals surface area contributed by atoms with Gasteiger partial charge in [-0.15, -0.1) is 0 Å². The molecule has 0 radical (unpaired) electrons. The van der Waals surface area contributed by atoms with Crippen LogP contribution in [0.3, 0.4) is 0 Å². The molecule has 0 saturated carbocycles. The lowest BCUT2D eigenvalue weighted by Gasteiger charge is -2.29. The summed E-state index contributed by atoms with van der Waals surface area (Å²) in [6, 6.07) is 3.14. The number of alkyl halides is 3. The van der Waals surface area contributed by atoms with Crippen LogP contribution in [-0.2, 0) is 6.54 Å². The van der Waals surface area contributed by atoms with Crippen LogP contribution in [0, 0.1) is 0 Å². The highest BCUT2D eigenvalue weighted by Crippen LogP contribution is 2.35. The first-order valence-electron chi connectivity index (χ1n) is 7.07. The largest absolute Gasteiger partial charge is 0.481 e. The van der Waals surface area contributed by atoms with E-state index < -0.39 is 29.6 Å². The molecule has 0 bridgehead atoms. The van der Waals surface area contributed by atoms with Gasteiger partial charge in [0.1, 0.15) is 0 Å². The van der Waals surface area contributed by atoms with E-state index in [1.54, 1.807) is 12.1 Å². The van der Waals surface area contributed by atoms with Crippen molar-refractivity contribution < 1.29 is 23.0 Å². The Hall–Kier alpha value is -1.94. The van der Waals surface area contributed by atoms with Gasteiger partial charge in [-0.2, -0.15) is 18.3 Å². The zero-order valence-corrected chi connectivity index (χ0v) is 13.8. The number of methoxy groups -OCH3 is 1. The van der Waals surface area contributed by atoms with E-state index in [-0.39, 0.29) is 11.4 Å². The SMILES string of the molecule is CCCC(O)(Cn1nc(-c2ccc(OC)nc2)sc1=O)C(F)(F)F. The predicted octanol–water partition coefficient (Wildman–Crippen LogP) is 2.47. The van der Waals surface area contributed by atoms with Crippen molar-refractivity contribution in [1.29, 1.82) is 0 Å². The molecule has 0 aromatic carbocycles. The van der Waals surface area contributed by atoms with Gasteiger partial charge in [0.2, 0.25) is 5.88 Å². The van der Waals surface area contributed by atoms with E-state index in [1.807, 2.05) is 0 Å². The third-order valence-electron chi connectivity index (χ3n) is 3.40. The number of aromatic nitrogens is 3. The lowest BCUT2D eigenvalue weighted by atomic mass is 9.97. The topological polar surface area (TPSA) is 77.2 Å². The zero-order chi connectivity index (χ0) is 18.0. The molecule has 24 heavy (non-hydrogen) atoms. The number of aliphatic hydroxyl groups is 1. The van der Waals surface area contributed by atoms with E-state index in [0.717, 1.165) is 0 Å². The molecule has 2 rings (SSSR count). The second kappa shape index (κ2) is 6.89. The van der Waals surface area contributed by atoms with E-state index in [1.165, 1.54) is 20.2 Å². The molecule has 10 heteroatoms. The van der Waals surface area contributed by atoms with Gasteiger partial charge in [-0.25, -0.2) is 9.67 Å². The Balaban J connectivity index is 2.32. The first kappa shape index (κ1) is 18.4. The Kier molecular flexibility index (Phi) is 5.29. The average Bonchev–Trinajstić information content (AvgIpc) is 2.87. The number of rotatable bonds is 6. The highest BCUT2D eigenvalue weighted by molar-refractivity contribution is 7.12. The number of ether oxygens (including phenoxy) is 1. The fourth-order valence-electron chi connectivity index (χ4n) is 2.12. The summed E-state index contributed by atoms with van der Waals surface area (Å²) >= 11 is 0.687. The van der Waals surface area contributed by atoms with Crippen molar-refractivity contribution >= 4 is 11.3 Å². The molecule has 1 unspecified atom stereocenters. The molecular weight excluding hydrogens is 347 g/mol. The van der Waals surface area contributed by atoms with Gasteiger partial charge in [-0.05, 0) is 12.5 Å². The number of halogens is 3. The van der Waals surface area contributed by atoms with Crippen LogP contribution < -0.4 is 9.61 Å². The number of hydrogen-bond donors (Lipinski definition) is 1. The van der Waals surface area contributed by atoms with E-state index in [2.05, 4.69) is 10.1 Å². The average molecular weight is 363 g/mol. The summed E-state index contributed by atoms with van der Waals surface area (Å²) in [6.45, 7) is 0.582. The van der Waals surface area contributed by atoms with Gasteiger partial charge in [-0.3, -0.25) is 4.79 Å². The lowest BCUT2D eigenvalue weighted by Crippen LogP contribution is -2.49. The monoisotopic (exact) mass is 363 g/mol. The molecule has 0 amide bonds. The van der Waals surface area contributed by atoms with E-state index in [9.17, 15) is 23.1 Å². The molecule has 0 aliphatic carbocycles. The molecule has 0 saturated heterocycles. The van der Waals surface area contributed by atoms with Crippen LogP contribution in [0.5, 0.6) is 5.88 Å². The van der Waals surface area contributed by atoms with E-state index >= 15 is 0 Å². The minimum Gasteiger partial charge on any atom is -0.481 e. The maximum Gasteiger partial charge on any atom is 0.419 e. The first-order valence-corrected chi connectivity index (χ1v) is 7.89. The van der Waals surface area contributed by atoms with Crippen molar-refractivity contribution in [3.63, 3.8) is 0 Å². The van der Waals surface area contributed by atoms with Crippen LogP contribution in [0.15, 0.2) is 23.1 Å². The molecule has 2 aromatic rings. The molecule has 132 valence electrons. The predicted molar refractivity (Wildman–Crippen MR) is 82.1 cm³/mol. The van der Waals surface area contributed by atoms with Gasteiger partial charge < -0.3 is 9.84 Å². The minimum absolute atomic E-state index is 0.115. The number of pyridine rings is 1. The highest BCUT2D eigenvalue weighted by atomic mass is 32.1. The Morgan fingerprint density at radius 3 is 2.58 bits per heavy atom. The van der Waals surface area contributed by atoms with Crippen molar-refractivity contribution in [2.24, 2.45) is 0 Å². The second-order valence-corrected chi connectivity index (χ2v) is 6.14. The van der Waals surface area contributed by atoms with Crippen molar-refractivity contribution in [3.8, 4) is 16.5 Å². The van der Waals surface area contributed by atoms with Crippen molar-refractivity contribution in [2.75, 3.05) is 7.11 Å². The van der Waals surface area contributed by atoms with Crippen LogP contribution in [0.4, 0.5) is 13.2 Å². The molecule has 0 aliphatic heterocycles. The van der Waals surface area contributed by atoms with Gasteiger partial charge in [0.05, 0.1) is 13.7 Å². The fraction of sp³-hybridized carbons (Fsp3) is 0.500. The minimum atomic E-state index is -4.85. The van der Waals surface area contributed by atoms with Gasteiger partial charge in [0, 0.05) is 17.8 Å². The normalized spacial score (nSPS) is 14.4. The third kappa shape index (κ3) is 3.75. The Morgan fingerprint density at radius 2 is 2.08 bits per heavy atom. The molecule has 1 N–H and O–H groups in total. The first-order chi connectivity index (χ1) is 11.2. The summed E-state index contributed by atoms with van der Waals surface area (Å²) in [7, 11) is 1.45. The Bertz CT molecular complexity index is 742. The van der Waals surface area contributed by atoms with Crippen LogP contribution in [0.1, 0.15) is 19.8 Å². The molecule has 2 heterocycles. The summed E-state index contributed by atoms with van der Waals surface area (Å²) in [5.74, 6) is 0.361. The van der Waals surface area contributed by atoms with Crippen molar-refractivity contribution in [1.82, 2.24) is 14.8 Å². The Labute approximate surface area is 139 Å². The van der Waals surface area contributed by atoms with Gasteiger partial charge in [0.15, 0.2) is 10.6 Å². The molecule has 0 fully saturated rings. The third-order valence-corrected chi connectivity index (χ3v) is 4.30. The standard InChI is InChI=1S/C14H16F3N3O3S/c1-3-6-13(22,14(15,16)17)8-20-12(21)24-11(19-20)9-4-5-10(23-2)18-7-9/h4-5,7,22H,3,6,8H2,1-2H3. The summed E-state index contributed by atoms with van der Waals surface area (Å²) < 4.78 is 44.9. The number of nitrogens with zero attached hydrogens (tertiary/aromatic N) is 3. The second-order valence-electron chi connectivity index (χ2n) is 5.20. The smallest absolute Gasteiger partial charge is 0.419 e. The van der Waals surface area contributed by atoms with Crippen LogP contribution >= 0.6 is 11.3 Å². The van der Waals surface area contributed by atoms with Crippen molar-refractivity contribution in [2.45, 2.75) is 38.1 Å². The summed E-state index contributed by atoms with van der Waals surface area (Å²) in [5.41, 5.74) is -2.52. The van der Waals surface area contributed by atoms with Crippen LogP contribution in [-0.4, -0.2) is 38.8 Å². The molecule has 0 spiro atoms. The lowest BCUT2D eigenvalue weighted by molar-refractivity contribution is -0.268. The highest BCUT2D eigenvalue weighted by Gasteiger charge is 2.53. The van der Waals surface area contributed by atoms with Crippen LogP contribution in [0.2, 0.25) is 0 Å². The quantitative estimate of drug-likeness (QED) is 0.853. The summed E-state index contributed by atoms with van der Waals surface area (Å²) in [4.78, 5) is 15.2. The maximum absolute atomic E-state index is 13.1. The van der Waals surface area contributed by atoms with Gasteiger partial charge in [0.25, 0.3) is 0 Å². The van der Waals surface area contributed by atoms with E-state index in [4.69, 9.17) is 4.74 Å². The molecule has 6 nitrogen and oxygen atoms in total. The molecule has 2 aromatic heterocycles. The molecule has 1 atom stereocenters. The van der Waals surface area contributed by atoms with Gasteiger partial charge in [-0.1, -0.05) is 24.7 Å². The fourth-order valence-corrected chi connectivity index (χ4v) is 2.88. The van der Waals surface area contributed by atoms with Crippen molar-refractivity contribution in [3.05, 3.63) is 28.0 Å². The Morgan fingerprint density at radius 1 is 1.38 bits per heavy atom. The van der Waals surface area contributed by atoms with Crippen LogP contribution in [0.25, 0.3) is 10.6 Å². The molecular formula is C14H16F3N3O3S. The summed E-state index contributed by atoms with van der Waals surface area (Å²) in [6.07, 6.45) is -3.85. The summed E-state index contributed by atoms with van der Waals surface area (Å²) in [5, 5.41) is 14.0. The van der Waals surface area contributed by atoms with E-state index in [0.29, 0.717) is 27.5 Å². The maximum atomic E-state index is 13.1. The number of hydrogen-bond acceptors (Lipinski definition) is 6. The van der Waals surface area contributed by atoms with Gasteiger partial charge >= 0.3 is 11.0 Å². The molecule has 0 aliphatic rings. The zero-order valence-electron chi connectivity index (χ0n) is 13.0.